The molecule has 8 nitrogen and oxygen atoms in total. The van der Waals surface area contributed by atoms with Gasteiger partial charge < -0.3 is 14.8 Å². The first-order valence-corrected chi connectivity index (χ1v) is 8.86. The van der Waals surface area contributed by atoms with Crippen LogP contribution in [0.15, 0.2) is 18.5 Å². The van der Waals surface area contributed by atoms with Crippen molar-refractivity contribution >= 4 is 22.4 Å². The van der Waals surface area contributed by atoms with E-state index in [0.29, 0.717) is 17.7 Å². The second-order valence-electron chi connectivity index (χ2n) is 5.78. The standard InChI is InChI=1S/C16H21N5O3S/c1-11(22)19-16-18-8-14(25-16)10-21-5-6-24-13(9-21)7-12-3-4-17-15(20-12)23-2/h3-4,8,13H,5-7,9-10H2,1-2H3,(H,18,19,22)/t13-/m1/s1. The largest absolute Gasteiger partial charge is 0.467 e. The van der Waals surface area contributed by atoms with E-state index >= 15 is 0 Å². The molecular weight excluding hydrogens is 342 g/mol. The molecule has 3 rings (SSSR count). The summed E-state index contributed by atoms with van der Waals surface area (Å²) in [5.74, 6) is -0.104. The molecule has 0 radical (unpaired) electrons. The molecule has 1 fully saturated rings. The molecule has 1 N–H and O–H groups in total. The lowest BCUT2D eigenvalue weighted by molar-refractivity contribution is -0.114. The average molecular weight is 363 g/mol. The van der Waals surface area contributed by atoms with Gasteiger partial charge in [-0.2, -0.15) is 0 Å². The first-order valence-electron chi connectivity index (χ1n) is 8.04. The van der Waals surface area contributed by atoms with Crippen LogP contribution in [-0.4, -0.2) is 58.7 Å². The minimum Gasteiger partial charge on any atom is -0.467 e. The van der Waals surface area contributed by atoms with E-state index in [-0.39, 0.29) is 12.0 Å². The average Bonchev–Trinajstić information content (AvgIpc) is 3.01. The van der Waals surface area contributed by atoms with Crippen LogP contribution in [0.3, 0.4) is 0 Å². The molecular formula is C16H21N5O3S. The highest BCUT2D eigenvalue weighted by Crippen LogP contribution is 2.21. The SMILES string of the molecule is COc1nccc(C[C@@H]2CN(Cc3cnc(NC(C)=O)s3)CCO2)n1. The minimum atomic E-state index is -0.104. The molecule has 0 unspecified atom stereocenters. The molecule has 25 heavy (non-hydrogen) atoms. The van der Waals surface area contributed by atoms with Gasteiger partial charge in [0, 0.05) is 50.2 Å². The van der Waals surface area contributed by atoms with E-state index in [1.54, 1.807) is 13.3 Å². The summed E-state index contributed by atoms with van der Waals surface area (Å²) < 4.78 is 10.9. The summed E-state index contributed by atoms with van der Waals surface area (Å²) in [5, 5.41) is 3.35. The number of hydrogen-bond acceptors (Lipinski definition) is 8. The number of aromatic nitrogens is 3. The molecule has 0 aromatic carbocycles. The molecule has 2 aromatic rings. The molecule has 1 aliphatic heterocycles. The Balaban J connectivity index is 1.55. The molecule has 134 valence electrons. The highest BCUT2D eigenvalue weighted by molar-refractivity contribution is 7.15. The van der Waals surface area contributed by atoms with Crippen molar-refractivity contribution in [3.63, 3.8) is 0 Å². The molecule has 0 aliphatic carbocycles. The fourth-order valence-corrected chi connectivity index (χ4v) is 3.58. The molecule has 1 aliphatic rings. The first kappa shape index (κ1) is 17.7. The second kappa shape index (κ2) is 8.32. The summed E-state index contributed by atoms with van der Waals surface area (Å²) in [6, 6.07) is 2.26. The molecule has 1 atom stereocenters. The zero-order valence-corrected chi connectivity index (χ0v) is 15.1. The normalized spacial score (nSPS) is 18.1. The van der Waals surface area contributed by atoms with Gasteiger partial charge in [-0.1, -0.05) is 0 Å². The third kappa shape index (κ3) is 5.18. The van der Waals surface area contributed by atoms with Gasteiger partial charge in [-0.05, 0) is 6.07 Å². The van der Waals surface area contributed by atoms with E-state index in [1.807, 2.05) is 12.3 Å². The van der Waals surface area contributed by atoms with E-state index in [2.05, 4.69) is 25.2 Å². The van der Waals surface area contributed by atoms with Crippen LogP contribution in [-0.2, 0) is 22.5 Å². The van der Waals surface area contributed by atoms with Crippen molar-refractivity contribution in [2.75, 3.05) is 32.1 Å². The number of carbonyl (C=O) groups excluding carboxylic acids is 1. The fourth-order valence-electron chi connectivity index (χ4n) is 2.68. The number of methoxy groups -OCH3 is 1. The van der Waals surface area contributed by atoms with Crippen LogP contribution in [0.4, 0.5) is 5.13 Å². The van der Waals surface area contributed by atoms with Crippen LogP contribution in [0.5, 0.6) is 6.01 Å². The van der Waals surface area contributed by atoms with Crippen LogP contribution >= 0.6 is 11.3 Å². The molecule has 0 saturated carbocycles. The molecule has 9 heteroatoms. The van der Waals surface area contributed by atoms with Gasteiger partial charge in [0.15, 0.2) is 5.13 Å². The number of nitrogens with one attached hydrogen (secondary N) is 1. The number of rotatable bonds is 6. The van der Waals surface area contributed by atoms with E-state index < -0.39 is 0 Å². The predicted molar refractivity (Wildman–Crippen MR) is 93.7 cm³/mol. The van der Waals surface area contributed by atoms with Crippen molar-refractivity contribution in [3.05, 3.63) is 29.0 Å². The predicted octanol–water partition coefficient (Wildman–Crippen LogP) is 1.34. The second-order valence-corrected chi connectivity index (χ2v) is 6.89. The lowest BCUT2D eigenvalue weighted by atomic mass is 10.1. The number of thiazole rings is 1. The van der Waals surface area contributed by atoms with Crippen LogP contribution in [0.25, 0.3) is 0 Å². The Kier molecular flexibility index (Phi) is 5.90. The topological polar surface area (TPSA) is 89.5 Å². The summed E-state index contributed by atoms with van der Waals surface area (Å²) in [7, 11) is 1.56. The fraction of sp³-hybridized carbons (Fsp3) is 0.500. The zero-order chi connectivity index (χ0) is 17.6. The van der Waals surface area contributed by atoms with Crippen molar-refractivity contribution in [2.24, 2.45) is 0 Å². The maximum Gasteiger partial charge on any atom is 0.316 e. The summed E-state index contributed by atoms with van der Waals surface area (Å²) >= 11 is 1.50. The first-order chi connectivity index (χ1) is 12.1. The molecule has 1 amide bonds. The Labute approximate surface area is 150 Å². The number of nitrogens with zero attached hydrogens (tertiary/aromatic N) is 4. The van der Waals surface area contributed by atoms with Crippen LogP contribution in [0.1, 0.15) is 17.5 Å². The van der Waals surface area contributed by atoms with Crippen molar-refractivity contribution in [3.8, 4) is 6.01 Å². The summed E-state index contributed by atoms with van der Waals surface area (Å²) in [6.07, 6.45) is 4.31. The molecule has 1 saturated heterocycles. The smallest absolute Gasteiger partial charge is 0.316 e. The van der Waals surface area contributed by atoms with Gasteiger partial charge in [0.05, 0.1) is 25.5 Å². The number of morpholine rings is 1. The lowest BCUT2D eigenvalue weighted by Gasteiger charge is -2.32. The Hall–Kier alpha value is -2.10. The van der Waals surface area contributed by atoms with E-state index in [0.717, 1.165) is 36.6 Å². The Morgan fingerprint density at radius 3 is 3.20 bits per heavy atom. The highest BCUT2D eigenvalue weighted by atomic mass is 32.1. The number of carbonyl (C=O) groups is 1. The Morgan fingerprint density at radius 2 is 2.40 bits per heavy atom. The van der Waals surface area contributed by atoms with Crippen molar-refractivity contribution < 1.29 is 14.3 Å². The maximum atomic E-state index is 11.1. The van der Waals surface area contributed by atoms with E-state index in [9.17, 15) is 4.79 Å². The quantitative estimate of drug-likeness (QED) is 0.828. The van der Waals surface area contributed by atoms with Gasteiger partial charge in [0.1, 0.15) is 0 Å². The number of hydrogen-bond donors (Lipinski definition) is 1. The molecule has 0 spiro atoms. The van der Waals surface area contributed by atoms with Gasteiger partial charge in [0.25, 0.3) is 0 Å². The highest BCUT2D eigenvalue weighted by Gasteiger charge is 2.22. The van der Waals surface area contributed by atoms with Crippen molar-refractivity contribution in [2.45, 2.75) is 26.0 Å². The third-order valence-corrected chi connectivity index (χ3v) is 4.65. The van der Waals surface area contributed by atoms with Gasteiger partial charge in [-0.25, -0.2) is 15.0 Å². The summed E-state index contributed by atoms with van der Waals surface area (Å²) in [6.45, 7) is 4.65. The minimum absolute atomic E-state index is 0.0797. The number of amides is 1. The monoisotopic (exact) mass is 363 g/mol. The number of anilines is 1. The Morgan fingerprint density at radius 1 is 1.52 bits per heavy atom. The molecule has 2 aromatic heterocycles. The van der Waals surface area contributed by atoms with Crippen LogP contribution < -0.4 is 10.1 Å². The zero-order valence-electron chi connectivity index (χ0n) is 14.3. The third-order valence-electron chi connectivity index (χ3n) is 3.75. The summed E-state index contributed by atoms with van der Waals surface area (Å²) in [4.78, 5) is 27.1. The van der Waals surface area contributed by atoms with Gasteiger partial charge in [-0.3, -0.25) is 9.69 Å². The van der Waals surface area contributed by atoms with Gasteiger partial charge in [-0.15, -0.1) is 11.3 Å². The van der Waals surface area contributed by atoms with Crippen LogP contribution in [0.2, 0.25) is 0 Å². The Bertz CT molecular complexity index is 723. The number of ether oxygens (including phenoxy) is 2. The van der Waals surface area contributed by atoms with E-state index in [1.165, 1.54) is 18.3 Å². The van der Waals surface area contributed by atoms with Crippen molar-refractivity contribution in [1.29, 1.82) is 0 Å². The lowest BCUT2D eigenvalue weighted by Crippen LogP contribution is -2.42. The van der Waals surface area contributed by atoms with Gasteiger partial charge >= 0.3 is 6.01 Å². The van der Waals surface area contributed by atoms with Gasteiger partial charge in [0.2, 0.25) is 5.91 Å². The van der Waals surface area contributed by atoms with Crippen LogP contribution in [0, 0.1) is 0 Å². The summed E-state index contributed by atoms with van der Waals surface area (Å²) in [5.41, 5.74) is 0.907. The molecule has 3 heterocycles. The molecule has 0 bridgehead atoms. The maximum absolute atomic E-state index is 11.1. The van der Waals surface area contributed by atoms with E-state index in [4.69, 9.17) is 9.47 Å². The van der Waals surface area contributed by atoms with Crippen molar-refractivity contribution in [1.82, 2.24) is 19.9 Å².